The summed E-state index contributed by atoms with van der Waals surface area (Å²) in [6, 6.07) is 15.0. The number of anilines is 1. The van der Waals surface area contributed by atoms with E-state index in [4.69, 9.17) is 9.47 Å². The number of piperazine rings is 1. The number of hydrogen-bond donors (Lipinski definition) is 2. The van der Waals surface area contributed by atoms with E-state index in [1.807, 2.05) is 24.3 Å². The normalized spacial score (nSPS) is 18.9. The first-order valence-electron chi connectivity index (χ1n) is 11.6. The lowest BCUT2D eigenvalue weighted by Gasteiger charge is -2.38. The molecule has 0 aliphatic carbocycles. The molecule has 2 heterocycles. The summed E-state index contributed by atoms with van der Waals surface area (Å²) in [5, 5.41) is 5.76. The van der Waals surface area contributed by atoms with Crippen molar-refractivity contribution in [2.24, 2.45) is 0 Å². The summed E-state index contributed by atoms with van der Waals surface area (Å²) in [5.41, 5.74) is 4.28. The fourth-order valence-corrected chi connectivity index (χ4v) is 4.38. The molecule has 2 N–H and O–H groups in total. The Balaban J connectivity index is 1.54. The highest BCUT2D eigenvalue weighted by atomic mass is 16.5. The van der Waals surface area contributed by atoms with Crippen LogP contribution in [0.15, 0.2) is 59.8 Å². The first-order valence-corrected chi connectivity index (χ1v) is 11.6. The van der Waals surface area contributed by atoms with E-state index >= 15 is 0 Å². The fourth-order valence-electron chi connectivity index (χ4n) is 4.38. The van der Waals surface area contributed by atoms with Crippen molar-refractivity contribution in [3.05, 3.63) is 70.9 Å². The van der Waals surface area contributed by atoms with Crippen molar-refractivity contribution in [1.29, 1.82) is 0 Å². The third-order valence-electron chi connectivity index (χ3n) is 6.25. The quantitative estimate of drug-likeness (QED) is 0.613. The van der Waals surface area contributed by atoms with Crippen LogP contribution in [-0.4, -0.2) is 63.3 Å². The summed E-state index contributed by atoms with van der Waals surface area (Å²) in [5.74, 6) is 0.279. The number of urea groups is 1. The highest BCUT2D eigenvalue weighted by molar-refractivity contribution is 5.95. The molecule has 2 amide bonds. The van der Waals surface area contributed by atoms with Crippen LogP contribution in [0.5, 0.6) is 5.75 Å². The van der Waals surface area contributed by atoms with Gasteiger partial charge in [0.05, 0.1) is 25.3 Å². The smallest absolute Gasteiger partial charge is 0.338 e. The molecule has 0 unspecified atom stereocenters. The van der Waals surface area contributed by atoms with Gasteiger partial charge in [-0.3, -0.25) is 4.90 Å². The molecule has 2 aliphatic rings. The third-order valence-corrected chi connectivity index (χ3v) is 6.25. The maximum atomic E-state index is 13.0. The standard InChI is InChI=1S/C26H32N4O4/c1-4-34-25(31)23-22(27-26(32)28-24(23)19-7-11-21(33-3)12-8-19)17-29-13-15-30(16-14-29)20-9-5-18(2)6-10-20/h5-12,24H,4,13-17H2,1-3H3,(H2,27,28,32)/t24-/m1/s1. The number of benzene rings is 2. The van der Waals surface area contributed by atoms with Gasteiger partial charge in [-0.05, 0) is 43.7 Å². The zero-order valence-electron chi connectivity index (χ0n) is 20.0. The van der Waals surface area contributed by atoms with Crippen molar-refractivity contribution in [3.63, 3.8) is 0 Å². The van der Waals surface area contributed by atoms with Crippen LogP contribution in [0.2, 0.25) is 0 Å². The SMILES string of the molecule is CCOC(=O)C1=C(CN2CCN(c3ccc(C)cc3)CC2)NC(=O)N[C@@H]1c1ccc(OC)cc1. The molecule has 180 valence electrons. The van der Waals surface area contributed by atoms with Crippen LogP contribution in [0.25, 0.3) is 0 Å². The summed E-state index contributed by atoms with van der Waals surface area (Å²) in [6.07, 6.45) is 0. The molecule has 8 heteroatoms. The predicted octanol–water partition coefficient (Wildman–Crippen LogP) is 3.00. The Hall–Kier alpha value is -3.52. The van der Waals surface area contributed by atoms with Gasteiger partial charge in [-0.15, -0.1) is 0 Å². The molecule has 34 heavy (non-hydrogen) atoms. The second-order valence-corrected chi connectivity index (χ2v) is 8.52. The molecule has 2 aromatic carbocycles. The molecule has 1 saturated heterocycles. The average molecular weight is 465 g/mol. The van der Waals surface area contributed by atoms with Gasteiger partial charge >= 0.3 is 12.0 Å². The molecule has 2 aliphatic heterocycles. The Bertz CT molecular complexity index is 1040. The van der Waals surface area contributed by atoms with Crippen molar-refractivity contribution >= 4 is 17.7 Å². The lowest BCUT2D eigenvalue weighted by molar-refractivity contribution is -0.139. The Labute approximate surface area is 200 Å². The van der Waals surface area contributed by atoms with E-state index in [0.717, 1.165) is 31.7 Å². The van der Waals surface area contributed by atoms with Crippen LogP contribution in [-0.2, 0) is 9.53 Å². The number of hydrogen-bond acceptors (Lipinski definition) is 6. The number of nitrogens with zero attached hydrogens (tertiary/aromatic N) is 2. The van der Waals surface area contributed by atoms with Crippen LogP contribution in [0.3, 0.4) is 0 Å². The minimum absolute atomic E-state index is 0.258. The first kappa shape index (κ1) is 23.6. The molecule has 0 spiro atoms. The van der Waals surface area contributed by atoms with Gasteiger partial charge in [-0.2, -0.15) is 0 Å². The number of carbonyl (C=O) groups is 2. The Morgan fingerprint density at radius 1 is 1.03 bits per heavy atom. The number of carbonyl (C=O) groups excluding carboxylic acids is 2. The van der Waals surface area contributed by atoms with Gasteiger partial charge in [-0.1, -0.05) is 29.8 Å². The van der Waals surface area contributed by atoms with E-state index in [0.29, 0.717) is 23.6 Å². The van der Waals surface area contributed by atoms with E-state index in [1.165, 1.54) is 11.3 Å². The largest absolute Gasteiger partial charge is 0.497 e. The summed E-state index contributed by atoms with van der Waals surface area (Å²) in [4.78, 5) is 30.2. The molecular weight excluding hydrogens is 432 g/mol. The van der Waals surface area contributed by atoms with Crippen molar-refractivity contribution < 1.29 is 19.1 Å². The van der Waals surface area contributed by atoms with Crippen molar-refractivity contribution in [3.8, 4) is 5.75 Å². The van der Waals surface area contributed by atoms with Gasteiger partial charge in [-0.25, -0.2) is 9.59 Å². The van der Waals surface area contributed by atoms with Gasteiger partial charge in [0.1, 0.15) is 5.75 Å². The number of rotatable bonds is 7. The number of methoxy groups -OCH3 is 1. The van der Waals surface area contributed by atoms with Gasteiger partial charge in [0.15, 0.2) is 0 Å². The van der Waals surface area contributed by atoms with E-state index in [-0.39, 0.29) is 12.6 Å². The zero-order valence-corrected chi connectivity index (χ0v) is 20.0. The number of nitrogens with one attached hydrogen (secondary N) is 2. The number of ether oxygens (including phenoxy) is 2. The molecule has 8 nitrogen and oxygen atoms in total. The lowest BCUT2D eigenvalue weighted by Crippen LogP contribution is -2.51. The Morgan fingerprint density at radius 3 is 2.32 bits per heavy atom. The fraction of sp³-hybridized carbons (Fsp3) is 0.385. The molecule has 1 fully saturated rings. The molecule has 0 bridgehead atoms. The maximum absolute atomic E-state index is 13.0. The number of amides is 2. The average Bonchev–Trinajstić information content (AvgIpc) is 2.85. The van der Waals surface area contributed by atoms with Gasteiger partial charge in [0.25, 0.3) is 0 Å². The monoisotopic (exact) mass is 464 g/mol. The Morgan fingerprint density at radius 2 is 1.71 bits per heavy atom. The zero-order chi connectivity index (χ0) is 24.1. The van der Waals surface area contributed by atoms with Crippen LogP contribution < -0.4 is 20.3 Å². The summed E-state index contributed by atoms with van der Waals surface area (Å²) in [6.45, 7) is 7.99. The molecule has 0 radical (unpaired) electrons. The van der Waals surface area contributed by atoms with Crippen LogP contribution in [0, 0.1) is 6.92 Å². The molecule has 2 aromatic rings. The number of aryl methyl sites for hydroxylation is 1. The van der Waals surface area contributed by atoms with Crippen LogP contribution in [0.1, 0.15) is 24.1 Å². The minimum atomic E-state index is -0.595. The van der Waals surface area contributed by atoms with Gasteiger partial charge < -0.3 is 25.0 Å². The van der Waals surface area contributed by atoms with E-state index in [9.17, 15) is 9.59 Å². The minimum Gasteiger partial charge on any atom is -0.497 e. The molecular formula is C26H32N4O4. The summed E-state index contributed by atoms with van der Waals surface area (Å²) in [7, 11) is 1.60. The second-order valence-electron chi connectivity index (χ2n) is 8.52. The van der Waals surface area contributed by atoms with E-state index in [2.05, 4.69) is 51.6 Å². The van der Waals surface area contributed by atoms with E-state index in [1.54, 1.807) is 14.0 Å². The van der Waals surface area contributed by atoms with Gasteiger partial charge in [0.2, 0.25) is 0 Å². The first-order chi connectivity index (χ1) is 16.5. The third kappa shape index (κ3) is 5.34. The highest BCUT2D eigenvalue weighted by Crippen LogP contribution is 2.29. The second kappa shape index (κ2) is 10.6. The predicted molar refractivity (Wildman–Crippen MR) is 131 cm³/mol. The lowest BCUT2D eigenvalue weighted by atomic mass is 9.94. The van der Waals surface area contributed by atoms with Crippen LogP contribution >= 0.6 is 0 Å². The van der Waals surface area contributed by atoms with Crippen molar-refractivity contribution in [1.82, 2.24) is 15.5 Å². The summed E-state index contributed by atoms with van der Waals surface area (Å²) >= 11 is 0. The van der Waals surface area contributed by atoms with Gasteiger partial charge in [0, 0.05) is 44.1 Å². The maximum Gasteiger partial charge on any atom is 0.338 e. The van der Waals surface area contributed by atoms with Crippen molar-refractivity contribution in [2.45, 2.75) is 19.9 Å². The molecule has 4 rings (SSSR count). The van der Waals surface area contributed by atoms with Crippen molar-refractivity contribution in [2.75, 3.05) is 51.3 Å². The Kier molecular flexibility index (Phi) is 7.37. The summed E-state index contributed by atoms with van der Waals surface area (Å²) < 4.78 is 10.6. The molecule has 1 atom stereocenters. The molecule has 0 aromatic heterocycles. The topological polar surface area (TPSA) is 83.1 Å². The highest BCUT2D eigenvalue weighted by Gasteiger charge is 2.34. The number of esters is 1. The molecule has 0 saturated carbocycles. The van der Waals surface area contributed by atoms with Crippen LogP contribution in [0.4, 0.5) is 10.5 Å². The van der Waals surface area contributed by atoms with E-state index < -0.39 is 12.0 Å².